The van der Waals surface area contributed by atoms with E-state index < -0.39 is 0 Å². The molecule has 6 nitrogen and oxygen atoms in total. The van der Waals surface area contributed by atoms with E-state index in [-0.39, 0.29) is 24.0 Å². The molecular formula is C20H31IN6. The molecule has 2 heterocycles. The van der Waals surface area contributed by atoms with Crippen molar-refractivity contribution in [1.29, 1.82) is 0 Å². The molecule has 0 bridgehead atoms. The third-order valence-electron chi connectivity index (χ3n) is 4.83. The van der Waals surface area contributed by atoms with Crippen LogP contribution < -0.4 is 10.6 Å². The summed E-state index contributed by atoms with van der Waals surface area (Å²) < 4.78 is 1.89. The van der Waals surface area contributed by atoms with E-state index in [4.69, 9.17) is 4.99 Å². The highest BCUT2D eigenvalue weighted by molar-refractivity contribution is 14.0. The molecule has 3 rings (SSSR count). The van der Waals surface area contributed by atoms with Crippen LogP contribution in [0.1, 0.15) is 32.3 Å². The molecule has 1 aromatic heterocycles. The van der Waals surface area contributed by atoms with Crippen molar-refractivity contribution in [3.05, 3.63) is 48.3 Å². The van der Waals surface area contributed by atoms with Crippen molar-refractivity contribution in [3.63, 3.8) is 0 Å². The number of benzene rings is 1. The number of aromatic nitrogens is 2. The Morgan fingerprint density at radius 3 is 2.78 bits per heavy atom. The Bertz CT molecular complexity index is 700. The van der Waals surface area contributed by atoms with E-state index in [1.54, 1.807) is 0 Å². The second-order valence-corrected chi connectivity index (χ2v) is 6.63. The number of rotatable bonds is 7. The summed E-state index contributed by atoms with van der Waals surface area (Å²) in [5, 5.41) is 11.3. The third kappa shape index (κ3) is 6.21. The van der Waals surface area contributed by atoms with Crippen molar-refractivity contribution in [1.82, 2.24) is 25.3 Å². The SMILES string of the molecule is CCNC(=NCc1cnn(-c2ccccc2)c1)NCC1CCCN1CC.I. The minimum Gasteiger partial charge on any atom is -0.357 e. The predicted molar refractivity (Wildman–Crippen MR) is 122 cm³/mol. The van der Waals surface area contributed by atoms with Gasteiger partial charge in [0.1, 0.15) is 0 Å². The first kappa shape index (κ1) is 21.7. The van der Waals surface area contributed by atoms with Crippen LogP contribution in [0.15, 0.2) is 47.7 Å². The minimum atomic E-state index is 0. The van der Waals surface area contributed by atoms with Gasteiger partial charge in [-0.05, 0) is 45.0 Å². The van der Waals surface area contributed by atoms with Gasteiger partial charge in [-0.2, -0.15) is 5.10 Å². The Morgan fingerprint density at radius 2 is 2.04 bits per heavy atom. The van der Waals surface area contributed by atoms with Crippen LogP contribution in [0.4, 0.5) is 0 Å². The summed E-state index contributed by atoms with van der Waals surface area (Å²) >= 11 is 0. The van der Waals surface area contributed by atoms with Gasteiger partial charge in [0.25, 0.3) is 0 Å². The van der Waals surface area contributed by atoms with E-state index in [1.165, 1.54) is 19.4 Å². The lowest BCUT2D eigenvalue weighted by atomic mass is 10.2. The number of nitrogens with one attached hydrogen (secondary N) is 2. The summed E-state index contributed by atoms with van der Waals surface area (Å²) in [7, 11) is 0. The molecule has 1 aliphatic rings. The largest absolute Gasteiger partial charge is 0.357 e. The average molecular weight is 482 g/mol. The van der Waals surface area contributed by atoms with E-state index in [0.29, 0.717) is 12.6 Å². The van der Waals surface area contributed by atoms with Gasteiger partial charge in [-0.15, -0.1) is 24.0 Å². The van der Waals surface area contributed by atoms with Crippen molar-refractivity contribution >= 4 is 29.9 Å². The number of nitrogens with zero attached hydrogens (tertiary/aromatic N) is 4. The number of hydrogen-bond acceptors (Lipinski definition) is 3. The summed E-state index contributed by atoms with van der Waals surface area (Å²) in [6.45, 7) is 9.10. The van der Waals surface area contributed by atoms with Crippen molar-refractivity contribution in [2.24, 2.45) is 4.99 Å². The Kier molecular flexibility index (Phi) is 9.06. The zero-order chi connectivity index (χ0) is 18.2. The lowest BCUT2D eigenvalue weighted by molar-refractivity contribution is 0.267. The monoisotopic (exact) mass is 482 g/mol. The van der Waals surface area contributed by atoms with Gasteiger partial charge in [-0.1, -0.05) is 25.1 Å². The average Bonchev–Trinajstić information content (AvgIpc) is 3.34. The Morgan fingerprint density at radius 1 is 1.22 bits per heavy atom. The highest BCUT2D eigenvalue weighted by atomic mass is 127. The van der Waals surface area contributed by atoms with Gasteiger partial charge in [0.05, 0.1) is 18.4 Å². The van der Waals surface area contributed by atoms with E-state index in [9.17, 15) is 0 Å². The number of likely N-dealkylation sites (N-methyl/N-ethyl adjacent to an activating group) is 1. The number of halogens is 1. The molecule has 1 saturated heterocycles. The molecule has 0 aliphatic carbocycles. The van der Waals surface area contributed by atoms with Crippen LogP contribution in [-0.4, -0.2) is 52.9 Å². The first-order valence-electron chi connectivity index (χ1n) is 9.65. The molecule has 1 fully saturated rings. The van der Waals surface area contributed by atoms with Crippen molar-refractivity contribution < 1.29 is 0 Å². The standard InChI is InChI=1S/C20H30N6.HI/c1-3-21-20(23-15-19-11-8-12-25(19)4-2)22-13-17-14-24-26(16-17)18-9-6-5-7-10-18;/h5-7,9-10,14,16,19H,3-4,8,11-13,15H2,1-2H3,(H2,21,22,23);1H. The molecular weight excluding hydrogens is 451 g/mol. The zero-order valence-corrected chi connectivity index (χ0v) is 18.6. The second kappa shape index (κ2) is 11.3. The molecule has 1 unspecified atom stereocenters. The van der Waals surface area contributed by atoms with Crippen molar-refractivity contribution in [2.75, 3.05) is 26.2 Å². The lowest BCUT2D eigenvalue weighted by Gasteiger charge is -2.23. The number of likely N-dealkylation sites (tertiary alicyclic amines) is 1. The maximum Gasteiger partial charge on any atom is 0.191 e. The van der Waals surface area contributed by atoms with Gasteiger partial charge in [0.15, 0.2) is 5.96 Å². The molecule has 1 aromatic carbocycles. The van der Waals surface area contributed by atoms with E-state index in [2.05, 4.69) is 34.5 Å². The van der Waals surface area contributed by atoms with Gasteiger partial charge in [-0.3, -0.25) is 4.90 Å². The molecule has 0 spiro atoms. The van der Waals surface area contributed by atoms with Crippen LogP contribution in [0, 0.1) is 0 Å². The highest BCUT2D eigenvalue weighted by Gasteiger charge is 2.22. The Balaban J connectivity index is 0.00000261. The molecule has 1 aliphatic heterocycles. The van der Waals surface area contributed by atoms with Crippen LogP contribution >= 0.6 is 24.0 Å². The van der Waals surface area contributed by atoms with Crippen LogP contribution in [0.5, 0.6) is 0 Å². The highest BCUT2D eigenvalue weighted by Crippen LogP contribution is 2.15. The minimum absolute atomic E-state index is 0. The number of hydrogen-bond donors (Lipinski definition) is 2. The summed E-state index contributed by atoms with van der Waals surface area (Å²) in [6, 6.07) is 10.8. The first-order valence-corrected chi connectivity index (χ1v) is 9.65. The fourth-order valence-corrected chi connectivity index (χ4v) is 3.43. The molecule has 0 radical (unpaired) electrons. The molecule has 0 amide bonds. The predicted octanol–water partition coefficient (Wildman–Crippen LogP) is 3.03. The molecule has 148 valence electrons. The molecule has 2 aromatic rings. The van der Waals surface area contributed by atoms with Gasteiger partial charge in [-0.25, -0.2) is 9.67 Å². The van der Waals surface area contributed by atoms with Gasteiger partial charge in [0.2, 0.25) is 0 Å². The smallest absolute Gasteiger partial charge is 0.191 e. The molecule has 7 heteroatoms. The van der Waals surface area contributed by atoms with Crippen molar-refractivity contribution in [3.8, 4) is 5.69 Å². The first-order chi connectivity index (χ1) is 12.8. The summed E-state index contributed by atoms with van der Waals surface area (Å²) in [6.07, 6.45) is 6.49. The second-order valence-electron chi connectivity index (χ2n) is 6.63. The maximum atomic E-state index is 4.73. The van der Waals surface area contributed by atoms with E-state index >= 15 is 0 Å². The fourth-order valence-electron chi connectivity index (χ4n) is 3.43. The Labute approximate surface area is 179 Å². The maximum absolute atomic E-state index is 4.73. The summed E-state index contributed by atoms with van der Waals surface area (Å²) in [4.78, 5) is 7.27. The summed E-state index contributed by atoms with van der Waals surface area (Å²) in [5.74, 6) is 0.878. The van der Waals surface area contributed by atoms with Crippen molar-refractivity contribution in [2.45, 2.75) is 39.3 Å². The summed E-state index contributed by atoms with van der Waals surface area (Å²) in [5.41, 5.74) is 2.16. The topological polar surface area (TPSA) is 57.5 Å². The van der Waals surface area contributed by atoms with Gasteiger partial charge >= 0.3 is 0 Å². The molecule has 2 N–H and O–H groups in total. The third-order valence-corrected chi connectivity index (χ3v) is 4.83. The number of guanidine groups is 1. The normalized spacial score (nSPS) is 17.6. The molecule has 0 saturated carbocycles. The van der Waals surface area contributed by atoms with Crippen LogP contribution in [0.25, 0.3) is 5.69 Å². The van der Waals surface area contributed by atoms with Crippen LogP contribution in [0.3, 0.4) is 0 Å². The fraction of sp³-hybridized carbons (Fsp3) is 0.500. The van der Waals surface area contributed by atoms with Crippen LogP contribution in [-0.2, 0) is 6.54 Å². The zero-order valence-electron chi connectivity index (χ0n) is 16.3. The molecule has 27 heavy (non-hydrogen) atoms. The van der Waals surface area contributed by atoms with Gasteiger partial charge < -0.3 is 10.6 Å². The van der Waals surface area contributed by atoms with E-state index in [0.717, 1.165) is 36.8 Å². The number of aliphatic imine (C=N–C) groups is 1. The Hall–Kier alpha value is -1.61. The molecule has 1 atom stereocenters. The quantitative estimate of drug-likeness (QED) is 0.362. The van der Waals surface area contributed by atoms with Crippen LogP contribution in [0.2, 0.25) is 0 Å². The van der Waals surface area contributed by atoms with Gasteiger partial charge in [0, 0.05) is 30.9 Å². The lowest BCUT2D eigenvalue weighted by Crippen LogP contribution is -2.44. The van der Waals surface area contributed by atoms with E-state index in [1.807, 2.05) is 47.4 Å². The number of para-hydroxylation sites is 1.